The van der Waals surface area contributed by atoms with Crippen molar-refractivity contribution < 1.29 is 66.7 Å². The van der Waals surface area contributed by atoms with E-state index in [-0.39, 0.29) is 11.1 Å². The Morgan fingerprint density at radius 3 is 1.09 bits per heavy atom. The zero-order chi connectivity index (χ0) is 33.8. The molecule has 246 valence electrons. The van der Waals surface area contributed by atoms with Gasteiger partial charge in [-0.1, -0.05) is 48.5 Å². The fraction of sp³-hybridized carbons (Fsp3) is 0.438. The van der Waals surface area contributed by atoms with Crippen LogP contribution in [0.1, 0.15) is 48.4 Å². The van der Waals surface area contributed by atoms with Crippen LogP contribution in [0.5, 0.6) is 0 Å². The summed E-state index contributed by atoms with van der Waals surface area (Å²) in [5.74, 6) is -6.92. The first kappa shape index (κ1) is 34.4. The van der Waals surface area contributed by atoms with Crippen LogP contribution in [0.3, 0.4) is 0 Å². The van der Waals surface area contributed by atoms with Gasteiger partial charge in [0, 0.05) is 11.1 Å². The average molecular weight is 643 g/mol. The highest BCUT2D eigenvalue weighted by molar-refractivity contribution is 6.00. The van der Waals surface area contributed by atoms with Crippen LogP contribution in [-0.4, -0.2) is 98.9 Å². The minimum Gasteiger partial charge on any atom is -0.467 e. The summed E-state index contributed by atoms with van der Waals surface area (Å²) in [6.07, 6.45) is -5.43. The van der Waals surface area contributed by atoms with E-state index >= 15 is 0 Å². The SMILES string of the molecule is COC(=O)C1OC(C)(C)OC1C(=O)OCC(=O)c1ccc(-c2ccc(C(=O)COC(=O)C3OC(C)(C)OC3C(=O)OC)cc2)cc1. The van der Waals surface area contributed by atoms with E-state index in [2.05, 4.69) is 9.47 Å². The number of Topliss-reactive ketones (excluding diaryl/α,β-unsaturated/α-hetero) is 2. The summed E-state index contributed by atoms with van der Waals surface area (Å²) in [7, 11) is 2.30. The molecule has 2 aromatic rings. The Kier molecular flexibility index (Phi) is 10.4. The van der Waals surface area contributed by atoms with Gasteiger partial charge < -0.3 is 37.9 Å². The van der Waals surface area contributed by atoms with Gasteiger partial charge >= 0.3 is 23.9 Å². The van der Waals surface area contributed by atoms with E-state index in [1.54, 1.807) is 48.5 Å². The van der Waals surface area contributed by atoms with Crippen LogP contribution in [0.15, 0.2) is 48.5 Å². The van der Waals surface area contributed by atoms with Crippen LogP contribution in [-0.2, 0) is 57.1 Å². The molecule has 0 aromatic heterocycles. The number of hydrogen-bond acceptors (Lipinski definition) is 14. The number of rotatable bonds is 11. The van der Waals surface area contributed by atoms with Gasteiger partial charge in [-0.3, -0.25) is 9.59 Å². The molecule has 2 aliphatic heterocycles. The molecule has 0 amide bonds. The molecule has 2 heterocycles. The number of carbonyl (C=O) groups is 6. The molecule has 46 heavy (non-hydrogen) atoms. The molecule has 0 aliphatic carbocycles. The van der Waals surface area contributed by atoms with Gasteiger partial charge in [0.1, 0.15) is 0 Å². The molecule has 2 fully saturated rings. The highest BCUT2D eigenvalue weighted by Gasteiger charge is 2.51. The second-order valence-electron chi connectivity index (χ2n) is 11.2. The van der Waals surface area contributed by atoms with Crippen molar-refractivity contribution in [3.05, 3.63) is 59.7 Å². The van der Waals surface area contributed by atoms with Gasteiger partial charge in [0.15, 0.2) is 60.8 Å². The number of ether oxygens (including phenoxy) is 8. The van der Waals surface area contributed by atoms with Crippen LogP contribution >= 0.6 is 0 Å². The van der Waals surface area contributed by atoms with Crippen molar-refractivity contribution in [2.24, 2.45) is 0 Å². The maximum atomic E-state index is 12.7. The van der Waals surface area contributed by atoms with Crippen molar-refractivity contribution >= 4 is 35.4 Å². The van der Waals surface area contributed by atoms with Crippen molar-refractivity contribution in [2.75, 3.05) is 27.4 Å². The molecule has 4 atom stereocenters. The lowest BCUT2D eigenvalue weighted by Crippen LogP contribution is -2.39. The van der Waals surface area contributed by atoms with Crippen LogP contribution < -0.4 is 0 Å². The first-order chi connectivity index (χ1) is 21.6. The quantitative estimate of drug-likeness (QED) is 0.198. The predicted octanol–water partition coefficient (Wildman–Crippen LogP) is 2.19. The van der Waals surface area contributed by atoms with E-state index in [0.717, 1.165) is 25.3 Å². The van der Waals surface area contributed by atoms with Gasteiger partial charge in [0.2, 0.25) is 0 Å². The van der Waals surface area contributed by atoms with E-state index in [0.29, 0.717) is 0 Å². The molecule has 4 unspecified atom stereocenters. The van der Waals surface area contributed by atoms with Gasteiger partial charge in [-0.15, -0.1) is 0 Å². The van der Waals surface area contributed by atoms with Gasteiger partial charge in [0.25, 0.3) is 0 Å². The maximum absolute atomic E-state index is 12.7. The first-order valence-corrected chi connectivity index (χ1v) is 14.1. The zero-order valence-electron chi connectivity index (χ0n) is 26.1. The van der Waals surface area contributed by atoms with E-state index in [4.69, 9.17) is 28.4 Å². The maximum Gasteiger partial charge on any atom is 0.339 e. The molecule has 2 saturated heterocycles. The number of benzene rings is 2. The van der Waals surface area contributed by atoms with Gasteiger partial charge in [-0.2, -0.15) is 0 Å². The van der Waals surface area contributed by atoms with Crippen molar-refractivity contribution in [1.29, 1.82) is 0 Å². The first-order valence-electron chi connectivity index (χ1n) is 14.1. The Hall–Kier alpha value is -4.50. The average Bonchev–Trinajstić information content (AvgIpc) is 3.56. The Bertz CT molecular complexity index is 1380. The van der Waals surface area contributed by atoms with Gasteiger partial charge in [-0.25, -0.2) is 19.2 Å². The second-order valence-corrected chi connectivity index (χ2v) is 11.2. The minimum atomic E-state index is -1.39. The standard InChI is InChI=1S/C32H34O14/c1-31(2)43-23(27(35)39-5)25(45-31)29(37)41-15-21(33)19-11-7-17(8-12-19)18-9-13-20(14-10-18)22(34)16-42-30(38)26-24(28(36)40-6)44-32(3,4)46-26/h7-14,23-26H,15-16H2,1-6H3. The van der Waals surface area contributed by atoms with Gasteiger partial charge in [-0.05, 0) is 38.8 Å². The molecule has 0 N–H and O–H groups in total. The summed E-state index contributed by atoms with van der Waals surface area (Å²) < 4.78 is 41.3. The molecule has 2 aromatic carbocycles. The van der Waals surface area contributed by atoms with Crippen molar-refractivity contribution in [3.63, 3.8) is 0 Å². The zero-order valence-corrected chi connectivity index (χ0v) is 26.1. The van der Waals surface area contributed by atoms with Crippen molar-refractivity contribution in [1.82, 2.24) is 0 Å². The van der Waals surface area contributed by atoms with E-state index in [1.165, 1.54) is 27.7 Å². The minimum absolute atomic E-state index is 0.271. The van der Waals surface area contributed by atoms with E-state index in [9.17, 15) is 28.8 Å². The van der Waals surface area contributed by atoms with Crippen LogP contribution in [0, 0.1) is 0 Å². The normalized spacial score (nSPS) is 22.8. The number of hydrogen-bond donors (Lipinski definition) is 0. The van der Waals surface area contributed by atoms with Crippen molar-refractivity contribution in [2.45, 2.75) is 63.7 Å². The fourth-order valence-corrected chi connectivity index (χ4v) is 4.75. The summed E-state index contributed by atoms with van der Waals surface area (Å²) in [5.41, 5.74) is 2.00. The molecular formula is C32H34O14. The Balaban J connectivity index is 1.30. The topological polar surface area (TPSA) is 176 Å². The lowest BCUT2D eigenvalue weighted by Gasteiger charge is -2.16. The third kappa shape index (κ3) is 8.01. The molecular weight excluding hydrogens is 608 g/mol. The monoisotopic (exact) mass is 642 g/mol. The lowest BCUT2D eigenvalue weighted by molar-refractivity contribution is -0.172. The molecule has 2 aliphatic rings. The summed E-state index contributed by atoms with van der Waals surface area (Å²) in [4.78, 5) is 74.4. The predicted molar refractivity (Wildman–Crippen MR) is 154 cm³/mol. The van der Waals surface area contributed by atoms with Crippen LogP contribution in [0.4, 0.5) is 0 Å². The number of methoxy groups -OCH3 is 2. The Labute approximate surface area is 264 Å². The lowest BCUT2D eigenvalue weighted by atomic mass is 10.0. The number of carbonyl (C=O) groups excluding carboxylic acids is 6. The summed E-state index contributed by atoms with van der Waals surface area (Å²) >= 11 is 0. The largest absolute Gasteiger partial charge is 0.467 e. The second kappa shape index (κ2) is 13.9. The fourth-order valence-electron chi connectivity index (χ4n) is 4.75. The molecule has 0 radical (unpaired) electrons. The molecule has 14 heteroatoms. The van der Waals surface area contributed by atoms with Crippen LogP contribution in [0.2, 0.25) is 0 Å². The van der Waals surface area contributed by atoms with Crippen LogP contribution in [0.25, 0.3) is 11.1 Å². The number of ketones is 2. The number of esters is 4. The highest BCUT2D eigenvalue weighted by Crippen LogP contribution is 2.31. The van der Waals surface area contributed by atoms with Gasteiger partial charge in [0.05, 0.1) is 14.2 Å². The molecule has 4 rings (SSSR count). The molecule has 14 nitrogen and oxygen atoms in total. The molecule has 0 saturated carbocycles. The Morgan fingerprint density at radius 1 is 0.522 bits per heavy atom. The van der Waals surface area contributed by atoms with E-state index < -0.39 is 84.6 Å². The van der Waals surface area contributed by atoms with E-state index in [1.807, 2.05) is 0 Å². The third-order valence-corrected chi connectivity index (χ3v) is 6.96. The highest BCUT2D eigenvalue weighted by atomic mass is 16.8. The Morgan fingerprint density at radius 2 is 0.804 bits per heavy atom. The summed E-state index contributed by atoms with van der Waals surface area (Å²) in [5, 5.41) is 0. The van der Waals surface area contributed by atoms with Crippen molar-refractivity contribution in [3.8, 4) is 11.1 Å². The summed E-state index contributed by atoms with van der Waals surface area (Å²) in [6, 6.07) is 12.9. The third-order valence-electron chi connectivity index (χ3n) is 6.96. The molecule has 0 spiro atoms. The summed E-state index contributed by atoms with van der Waals surface area (Å²) in [6.45, 7) is 4.93. The molecule has 0 bridgehead atoms. The smallest absolute Gasteiger partial charge is 0.339 e.